The fourth-order valence-electron chi connectivity index (χ4n) is 1.32. The van der Waals surface area contributed by atoms with Gasteiger partial charge in [0.2, 0.25) is 0 Å². The zero-order chi connectivity index (χ0) is 10.7. The van der Waals surface area contributed by atoms with E-state index in [1.54, 1.807) is 11.8 Å². The maximum atomic E-state index is 5.85. The van der Waals surface area contributed by atoms with Gasteiger partial charge in [-0.2, -0.15) is 5.10 Å². The third kappa shape index (κ3) is 2.53. The first-order valence-corrected chi connectivity index (χ1v) is 5.69. The van der Waals surface area contributed by atoms with Gasteiger partial charge in [0.25, 0.3) is 0 Å². The second-order valence-electron chi connectivity index (χ2n) is 3.35. The summed E-state index contributed by atoms with van der Waals surface area (Å²) in [6, 6.07) is 7.91. The molecule has 2 rings (SSSR count). The van der Waals surface area contributed by atoms with Crippen LogP contribution in [0.4, 0.5) is 5.69 Å². The topological polar surface area (TPSA) is 43.8 Å². The molecule has 0 amide bonds. The van der Waals surface area contributed by atoms with Gasteiger partial charge in [-0.3, -0.25) is 4.68 Å². The third-order valence-corrected chi connectivity index (χ3v) is 3.23. The number of hydrogen-bond acceptors (Lipinski definition) is 3. The summed E-state index contributed by atoms with van der Waals surface area (Å²) in [6.07, 6.45) is 3.90. The molecule has 0 saturated carbocycles. The van der Waals surface area contributed by atoms with Crippen LogP contribution in [0.5, 0.6) is 0 Å². The van der Waals surface area contributed by atoms with E-state index < -0.39 is 0 Å². The number of aromatic nitrogens is 2. The molecule has 0 bridgehead atoms. The Morgan fingerprint density at radius 3 is 2.87 bits per heavy atom. The highest BCUT2D eigenvalue weighted by molar-refractivity contribution is 7.98. The Bertz CT molecular complexity index is 451. The molecule has 4 heteroatoms. The van der Waals surface area contributed by atoms with E-state index in [4.69, 9.17) is 5.73 Å². The van der Waals surface area contributed by atoms with E-state index in [1.165, 1.54) is 5.56 Å². The normalized spacial score (nSPS) is 10.5. The lowest BCUT2D eigenvalue weighted by Gasteiger charge is -2.02. The van der Waals surface area contributed by atoms with E-state index in [0.29, 0.717) is 0 Å². The van der Waals surface area contributed by atoms with Crippen LogP contribution >= 0.6 is 11.8 Å². The molecule has 0 aliphatic rings. The second-order valence-corrected chi connectivity index (χ2v) is 4.37. The summed E-state index contributed by atoms with van der Waals surface area (Å²) in [6.45, 7) is 0. The summed E-state index contributed by atoms with van der Waals surface area (Å²) in [5.74, 6) is 0.905. The van der Waals surface area contributed by atoms with Crippen molar-refractivity contribution in [1.29, 1.82) is 0 Å². The van der Waals surface area contributed by atoms with Gasteiger partial charge in [0.15, 0.2) is 0 Å². The molecule has 2 N–H and O–H groups in total. The second kappa shape index (κ2) is 4.40. The van der Waals surface area contributed by atoms with Gasteiger partial charge in [-0.05, 0) is 12.1 Å². The summed E-state index contributed by atoms with van der Waals surface area (Å²) >= 11 is 1.74. The van der Waals surface area contributed by atoms with Crippen molar-refractivity contribution in [2.75, 3.05) is 5.73 Å². The molecule has 1 aromatic carbocycles. The monoisotopic (exact) mass is 219 g/mol. The number of rotatable bonds is 3. The summed E-state index contributed by atoms with van der Waals surface area (Å²) in [5, 5.41) is 4.12. The highest BCUT2D eigenvalue weighted by Crippen LogP contribution is 2.27. The van der Waals surface area contributed by atoms with Crippen molar-refractivity contribution >= 4 is 17.4 Å². The smallest absolute Gasteiger partial charge is 0.0530 e. The van der Waals surface area contributed by atoms with Crippen LogP contribution < -0.4 is 5.73 Å². The number of nitrogens with zero attached hydrogens (tertiary/aromatic N) is 2. The number of nitrogens with two attached hydrogens (primary N) is 1. The Morgan fingerprint density at radius 2 is 2.20 bits per heavy atom. The first kappa shape index (κ1) is 10.1. The van der Waals surface area contributed by atoms with Crippen LogP contribution in [-0.4, -0.2) is 9.78 Å². The highest BCUT2D eigenvalue weighted by Gasteiger charge is 2.00. The van der Waals surface area contributed by atoms with Crippen molar-refractivity contribution in [2.24, 2.45) is 7.05 Å². The molecule has 0 aliphatic heterocycles. The number of benzene rings is 1. The van der Waals surface area contributed by atoms with E-state index in [1.807, 2.05) is 48.4 Å². The number of hydrogen-bond donors (Lipinski definition) is 1. The third-order valence-electron chi connectivity index (χ3n) is 2.07. The average molecular weight is 219 g/mol. The zero-order valence-electron chi connectivity index (χ0n) is 8.55. The van der Waals surface area contributed by atoms with Gasteiger partial charge in [-0.15, -0.1) is 11.8 Å². The first-order chi connectivity index (χ1) is 7.25. The fraction of sp³-hybridized carbons (Fsp3) is 0.182. The van der Waals surface area contributed by atoms with Gasteiger partial charge in [-0.25, -0.2) is 0 Å². The molecule has 0 radical (unpaired) electrons. The Kier molecular flexibility index (Phi) is 2.97. The molecule has 0 atom stereocenters. The van der Waals surface area contributed by atoms with Crippen LogP contribution in [0.25, 0.3) is 0 Å². The molecule has 0 saturated heterocycles. The van der Waals surface area contributed by atoms with E-state index in [9.17, 15) is 0 Å². The Hall–Kier alpha value is -1.42. The van der Waals surface area contributed by atoms with Gasteiger partial charge in [0.05, 0.1) is 6.20 Å². The predicted octanol–water partition coefficient (Wildman–Crippen LogP) is 2.29. The lowest BCUT2D eigenvalue weighted by Crippen LogP contribution is -1.87. The lowest BCUT2D eigenvalue weighted by atomic mass is 10.3. The number of aryl methyl sites for hydroxylation is 1. The molecule has 3 nitrogen and oxygen atoms in total. The molecule has 1 heterocycles. The van der Waals surface area contributed by atoms with Gasteiger partial charge in [0.1, 0.15) is 0 Å². The molecule has 78 valence electrons. The quantitative estimate of drug-likeness (QED) is 0.636. The van der Waals surface area contributed by atoms with Crippen LogP contribution in [0.15, 0.2) is 41.6 Å². The van der Waals surface area contributed by atoms with Gasteiger partial charge in [0, 0.05) is 35.1 Å². The van der Waals surface area contributed by atoms with E-state index >= 15 is 0 Å². The minimum atomic E-state index is 0.839. The van der Waals surface area contributed by atoms with Gasteiger partial charge < -0.3 is 5.73 Å². The van der Waals surface area contributed by atoms with Crippen LogP contribution in [-0.2, 0) is 12.8 Å². The molecule has 0 aliphatic carbocycles. The maximum absolute atomic E-state index is 5.85. The standard InChI is InChI=1S/C11H13N3S/c1-14-7-9(6-13-14)8-15-11-5-3-2-4-10(11)12/h2-7H,8,12H2,1H3. The van der Waals surface area contributed by atoms with Crippen molar-refractivity contribution in [3.05, 3.63) is 42.2 Å². The SMILES string of the molecule is Cn1cc(CSc2ccccc2N)cn1. The Labute approximate surface area is 93.3 Å². The molecule has 0 unspecified atom stereocenters. The molecule has 0 spiro atoms. The van der Waals surface area contributed by atoms with Gasteiger partial charge in [-0.1, -0.05) is 12.1 Å². The summed E-state index contributed by atoms with van der Waals surface area (Å²) in [7, 11) is 1.92. The fourth-order valence-corrected chi connectivity index (χ4v) is 2.20. The number of para-hydroxylation sites is 1. The van der Waals surface area contributed by atoms with E-state index in [0.717, 1.165) is 16.3 Å². The van der Waals surface area contributed by atoms with Crippen molar-refractivity contribution < 1.29 is 0 Å². The van der Waals surface area contributed by atoms with Crippen molar-refractivity contribution in [2.45, 2.75) is 10.6 Å². The van der Waals surface area contributed by atoms with E-state index in [2.05, 4.69) is 5.10 Å². The van der Waals surface area contributed by atoms with Crippen molar-refractivity contribution in [3.8, 4) is 0 Å². The highest BCUT2D eigenvalue weighted by atomic mass is 32.2. The van der Waals surface area contributed by atoms with Crippen LogP contribution in [0, 0.1) is 0 Å². The van der Waals surface area contributed by atoms with Crippen molar-refractivity contribution in [1.82, 2.24) is 9.78 Å². The van der Waals surface area contributed by atoms with Crippen LogP contribution in [0.2, 0.25) is 0 Å². The van der Waals surface area contributed by atoms with E-state index in [-0.39, 0.29) is 0 Å². The molecule has 2 aromatic rings. The molecule has 0 fully saturated rings. The number of thioether (sulfide) groups is 1. The van der Waals surface area contributed by atoms with Crippen LogP contribution in [0.1, 0.15) is 5.56 Å². The Balaban J connectivity index is 2.02. The summed E-state index contributed by atoms with van der Waals surface area (Å²) in [4.78, 5) is 1.13. The number of nitrogen functional groups attached to an aromatic ring is 1. The Morgan fingerprint density at radius 1 is 1.40 bits per heavy atom. The predicted molar refractivity (Wildman–Crippen MR) is 63.6 cm³/mol. The average Bonchev–Trinajstić information content (AvgIpc) is 2.63. The minimum Gasteiger partial charge on any atom is -0.398 e. The van der Waals surface area contributed by atoms with Crippen molar-refractivity contribution in [3.63, 3.8) is 0 Å². The minimum absolute atomic E-state index is 0.839. The molecular weight excluding hydrogens is 206 g/mol. The zero-order valence-corrected chi connectivity index (χ0v) is 9.37. The lowest BCUT2D eigenvalue weighted by molar-refractivity contribution is 0.767. The first-order valence-electron chi connectivity index (χ1n) is 4.70. The molecule has 1 aromatic heterocycles. The largest absolute Gasteiger partial charge is 0.398 e. The molecule has 15 heavy (non-hydrogen) atoms. The summed E-state index contributed by atoms with van der Waals surface area (Å²) in [5.41, 5.74) is 7.90. The molecular formula is C11H13N3S. The van der Waals surface area contributed by atoms with Crippen LogP contribution in [0.3, 0.4) is 0 Å². The summed E-state index contributed by atoms with van der Waals surface area (Å²) < 4.78 is 1.81. The maximum Gasteiger partial charge on any atom is 0.0530 e. The van der Waals surface area contributed by atoms with Gasteiger partial charge >= 0.3 is 0 Å². The number of anilines is 1.